The van der Waals surface area contributed by atoms with Crippen molar-refractivity contribution < 1.29 is 5.11 Å². The molecule has 2 rings (SSSR count). The molecule has 0 fully saturated rings. The van der Waals surface area contributed by atoms with Gasteiger partial charge in [-0.05, 0) is 43.4 Å². The third-order valence-electron chi connectivity index (χ3n) is 3.18. The fourth-order valence-electron chi connectivity index (χ4n) is 2.19. The summed E-state index contributed by atoms with van der Waals surface area (Å²) in [5, 5.41) is 9.90. The summed E-state index contributed by atoms with van der Waals surface area (Å²) in [5.74, 6) is 6.41. The minimum atomic E-state index is -0.294. The maximum absolute atomic E-state index is 9.90. The fraction of sp³-hybridized carbons (Fsp3) is 0.375. The van der Waals surface area contributed by atoms with Gasteiger partial charge in [-0.15, -0.1) is 0 Å². The van der Waals surface area contributed by atoms with E-state index >= 15 is 0 Å². The summed E-state index contributed by atoms with van der Waals surface area (Å²) in [6.45, 7) is 2.01. The van der Waals surface area contributed by atoms with Gasteiger partial charge in [0.2, 0.25) is 0 Å². The van der Waals surface area contributed by atoms with Gasteiger partial charge in [-0.25, -0.2) is 0 Å². The summed E-state index contributed by atoms with van der Waals surface area (Å²) in [4.78, 5) is 0. The van der Waals surface area contributed by atoms with Gasteiger partial charge in [-0.1, -0.05) is 37.0 Å². The molecule has 0 unspecified atom stereocenters. The summed E-state index contributed by atoms with van der Waals surface area (Å²) >= 11 is 0. The van der Waals surface area contributed by atoms with E-state index in [2.05, 4.69) is 11.8 Å². The lowest BCUT2D eigenvalue weighted by Crippen LogP contribution is -2.07. The Bertz CT molecular complexity index is 459. The summed E-state index contributed by atoms with van der Waals surface area (Å²) in [5.41, 5.74) is 3.36. The maximum Gasteiger partial charge on any atom is 0.0759 e. The van der Waals surface area contributed by atoms with Gasteiger partial charge in [-0.3, -0.25) is 0 Å². The minimum Gasteiger partial charge on any atom is -0.389 e. The fourth-order valence-corrected chi connectivity index (χ4v) is 2.19. The van der Waals surface area contributed by atoms with Crippen molar-refractivity contribution in [1.29, 1.82) is 0 Å². The van der Waals surface area contributed by atoms with Gasteiger partial charge in [0.15, 0.2) is 0 Å². The second kappa shape index (κ2) is 5.70. The number of rotatable bonds is 2. The molecule has 0 aromatic heterocycles. The van der Waals surface area contributed by atoms with Crippen molar-refractivity contribution in [2.75, 3.05) is 0 Å². The molecule has 1 nitrogen and oxygen atoms in total. The topological polar surface area (TPSA) is 20.2 Å². The summed E-state index contributed by atoms with van der Waals surface area (Å²) in [6, 6.07) is 10.0. The molecule has 0 aliphatic heterocycles. The predicted octanol–water partition coefficient (Wildman–Crippen LogP) is 3.29. The monoisotopic (exact) mass is 226 g/mol. The first-order valence-electron chi connectivity index (χ1n) is 6.28. The highest BCUT2D eigenvalue weighted by Gasteiger charge is 2.18. The molecule has 1 heteroatoms. The van der Waals surface area contributed by atoms with E-state index in [0.29, 0.717) is 0 Å². The molecule has 1 aliphatic rings. The molecule has 0 bridgehead atoms. The molecule has 0 heterocycles. The van der Waals surface area contributed by atoms with Gasteiger partial charge >= 0.3 is 0 Å². The van der Waals surface area contributed by atoms with Crippen LogP contribution in [0.2, 0.25) is 0 Å². The number of aliphatic hydroxyl groups excluding tert-OH is 1. The van der Waals surface area contributed by atoms with Crippen LogP contribution in [0.4, 0.5) is 0 Å². The van der Waals surface area contributed by atoms with Crippen molar-refractivity contribution in [3.05, 3.63) is 47.0 Å². The molecule has 0 spiro atoms. The van der Waals surface area contributed by atoms with E-state index < -0.39 is 0 Å². The van der Waals surface area contributed by atoms with Crippen LogP contribution in [0.25, 0.3) is 0 Å². The van der Waals surface area contributed by atoms with Crippen LogP contribution >= 0.6 is 0 Å². The van der Waals surface area contributed by atoms with Gasteiger partial charge in [0.05, 0.1) is 6.10 Å². The molecule has 0 amide bonds. The zero-order valence-electron chi connectivity index (χ0n) is 10.2. The van der Waals surface area contributed by atoms with E-state index in [1.54, 1.807) is 0 Å². The van der Waals surface area contributed by atoms with Crippen molar-refractivity contribution in [1.82, 2.24) is 0 Å². The molecule has 1 aromatic carbocycles. The Morgan fingerprint density at radius 2 is 1.94 bits per heavy atom. The number of aliphatic hydroxyl groups is 1. The Morgan fingerprint density at radius 3 is 2.65 bits per heavy atom. The van der Waals surface area contributed by atoms with Gasteiger partial charge in [0, 0.05) is 11.1 Å². The number of hydrogen-bond donors (Lipinski definition) is 1. The quantitative estimate of drug-likeness (QED) is 0.767. The van der Waals surface area contributed by atoms with Crippen LogP contribution in [0.15, 0.2) is 41.5 Å². The molecular formula is C16H18O. The van der Waals surface area contributed by atoms with Crippen molar-refractivity contribution in [2.45, 2.75) is 38.7 Å². The lowest BCUT2D eigenvalue weighted by Gasteiger charge is -2.09. The SMILES string of the molecule is CC[C@H](O)C1=C(C#Cc2ccccc2)CCC1. The van der Waals surface area contributed by atoms with E-state index in [-0.39, 0.29) is 6.10 Å². The zero-order valence-corrected chi connectivity index (χ0v) is 10.2. The first kappa shape index (κ1) is 12.0. The van der Waals surface area contributed by atoms with Crippen LogP contribution in [0.5, 0.6) is 0 Å². The molecule has 0 saturated heterocycles. The van der Waals surface area contributed by atoms with Crippen LogP contribution in [0.3, 0.4) is 0 Å². The van der Waals surface area contributed by atoms with E-state index in [9.17, 15) is 5.11 Å². The number of hydrogen-bond acceptors (Lipinski definition) is 1. The van der Waals surface area contributed by atoms with Crippen molar-refractivity contribution >= 4 is 0 Å². The van der Waals surface area contributed by atoms with E-state index in [4.69, 9.17) is 0 Å². The van der Waals surface area contributed by atoms with E-state index in [0.717, 1.165) is 42.4 Å². The van der Waals surface area contributed by atoms with Gasteiger partial charge in [0.1, 0.15) is 0 Å². The highest BCUT2D eigenvalue weighted by atomic mass is 16.3. The Kier molecular flexibility index (Phi) is 4.01. The lowest BCUT2D eigenvalue weighted by molar-refractivity contribution is 0.203. The molecule has 17 heavy (non-hydrogen) atoms. The smallest absolute Gasteiger partial charge is 0.0759 e. The predicted molar refractivity (Wildman–Crippen MR) is 70.5 cm³/mol. The summed E-state index contributed by atoms with van der Waals surface area (Å²) < 4.78 is 0. The Hall–Kier alpha value is -1.52. The Labute approximate surface area is 103 Å². The average molecular weight is 226 g/mol. The Balaban J connectivity index is 2.21. The molecule has 0 saturated carbocycles. The standard InChI is InChI=1S/C16H18O/c1-2-16(17)15-10-6-9-14(15)12-11-13-7-4-3-5-8-13/h3-5,7-8,16-17H,2,6,9-10H2,1H3/t16-/m0/s1. The van der Waals surface area contributed by atoms with Gasteiger partial charge < -0.3 is 5.11 Å². The first-order chi connectivity index (χ1) is 8.31. The minimum absolute atomic E-state index is 0.294. The molecule has 0 radical (unpaired) electrons. The van der Waals surface area contributed by atoms with Crippen LogP contribution in [0.1, 0.15) is 38.2 Å². The molecule has 1 aliphatic carbocycles. The molecule has 88 valence electrons. The second-order valence-electron chi connectivity index (χ2n) is 4.40. The number of benzene rings is 1. The van der Waals surface area contributed by atoms with Crippen LogP contribution < -0.4 is 0 Å². The van der Waals surface area contributed by atoms with Crippen molar-refractivity contribution in [3.8, 4) is 11.8 Å². The zero-order chi connectivity index (χ0) is 12.1. The largest absolute Gasteiger partial charge is 0.389 e. The van der Waals surface area contributed by atoms with Crippen LogP contribution in [0, 0.1) is 11.8 Å². The van der Waals surface area contributed by atoms with Gasteiger partial charge in [0.25, 0.3) is 0 Å². The third-order valence-corrected chi connectivity index (χ3v) is 3.18. The Morgan fingerprint density at radius 1 is 1.18 bits per heavy atom. The first-order valence-corrected chi connectivity index (χ1v) is 6.28. The maximum atomic E-state index is 9.90. The third kappa shape index (κ3) is 2.99. The normalized spacial score (nSPS) is 16.6. The van der Waals surface area contributed by atoms with E-state index in [1.807, 2.05) is 37.3 Å². The van der Waals surface area contributed by atoms with Crippen molar-refractivity contribution in [3.63, 3.8) is 0 Å². The molecular weight excluding hydrogens is 208 g/mol. The summed E-state index contributed by atoms with van der Waals surface area (Å²) in [6.07, 6.45) is 3.65. The highest BCUT2D eigenvalue weighted by molar-refractivity contribution is 5.44. The molecule has 1 atom stereocenters. The van der Waals surface area contributed by atoms with E-state index in [1.165, 1.54) is 0 Å². The van der Waals surface area contributed by atoms with Gasteiger partial charge in [-0.2, -0.15) is 0 Å². The summed E-state index contributed by atoms with van der Waals surface area (Å²) in [7, 11) is 0. The average Bonchev–Trinajstić information content (AvgIpc) is 2.85. The second-order valence-corrected chi connectivity index (χ2v) is 4.40. The van der Waals surface area contributed by atoms with Crippen LogP contribution in [-0.4, -0.2) is 11.2 Å². The van der Waals surface area contributed by atoms with Crippen molar-refractivity contribution in [2.24, 2.45) is 0 Å². The highest BCUT2D eigenvalue weighted by Crippen LogP contribution is 2.29. The number of allylic oxidation sites excluding steroid dienone is 1. The molecule has 1 aromatic rings. The molecule has 1 N–H and O–H groups in total. The van der Waals surface area contributed by atoms with Crippen LogP contribution in [-0.2, 0) is 0 Å². The lowest BCUT2D eigenvalue weighted by atomic mass is 10.0.